The van der Waals surface area contributed by atoms with Gasteiger partial charge in [-0.15, -0.1) is 0 Å². The number of rotatable bonds is 16. The van der Waals surface area contributed by atoms with Gasteiger partial charge in [-0.1, -0.05) is 114 Å². The minimum absolute atomic E-state index is 0.00660. The summed E-state index contributed by atoms with van der Waals surface area (Å²) in [5.74, 6) is 0.766. The lowest BCUT2D eigenvalue weighted by atomic mass is 9.81. The number of carbonyl (C=O) groups excluding carboxylic acids is 1. The molecule has 0 unspecified atom stereocenters. The fraction of sp³-hybridized carbons (Fsp3) is 0.395. The van der Waals surface area contributed by atoms with Crippen LogP contribution in [0.3, 0.4) is 0 Å². The van der Waals surface area contributed by atoms with E-state index in [0.717, 1.165) is 38.0 Å². The predicted octanol–water partition coefficient (Wildman–Crippen LogP) is 10.1. The van der Waals surface area contributed by atoms with Crippen molar-refractivity contribution < 1.29 is 14.3 Å². The summed E-state index contributed by atoms with van der Waals surface area (Å²) in [4.78, 5) is 11.8. The number of hydrogen-bond acceptors (Lipinski definition) is 3. The van der Waals surface area contributed by atoms with Gasteiger partial charge in [0.1, 0.15) is 11.9 Å². The quantitative estimate of drug-likeness (QED) is 0.101. The number of fused-ring (bicyclic) bond motifs is 3. The molecule has 3 aromatic carbocycles. The summed E-state index contributed by atoms with van der Waals surface area (Å²) in [6.45, 7) is 14.9. The Balaban J connectivity index is 1.12. The molecule has 0 spiro atoms. The number of carbonyl (C=O) groups is 1. The molecule has 0 radical (unpaired) electrons. The van der Waals surface area contributed by atoms with Crippen LogP contribution in [0.5, 0.6) is 5.75 Å². The zero-order valence-corrected chi connectivity index (χ0v) is 25.2. The monoisotopic (exact) mass is 550 g/mol. The number of ether oxygens (including phenoxy) is 2. The predicted molar refractivity (Wildman–Crippen MR) is 172 cm³/mol. The van der Waals surface area contributed by atoms with Gasteiger partial charge in [-0.25, -0.2) is 0 Å². The van der Waals surface area contributed by atoms with Gasteiger partial charge in [-0.05, 0) is 83.5 Å². The zero-order chi connectivity index (χ0) is 29.2. The molecule has 216 valence electrons. The molecule has 3 nitrogen and oxygen atoms in total. The highest BCUT2D eigenvalue weighted by atomic mass is 16.5. The van der Waals surface area contributed by atoms with Crippen LogP contribution in [0, 0.1) is 6.92 Å². The average molecular weight is 551 g/mol. The molecular weight excluding hydrogens is 504 g/mol. The summed E-state index contributed by atoms with van der Waals surface area (Å²) in [5.41, 5.74) is 9.35. The molecule has 3 aromatic rings. The first-order valence-electron chi connectivity index (χ1n) is 15.3. The molecule has 0 aromatic heterocycles. The minimum atomic E-state index is -0.377. The molecule has 1 aliphatic rings. The minimum Gasteiger partial charge on any atom is -0.494 e. The van der Waals surface area contributed by atoms with Crippen LogP contribution < -0.4 is 4.74 Å². The highest BCUT2D eigenvalue weighted by Crippen LogP contribution is 2.49. The van der Waals surface area contributed by atoms with E-state index in [2.05, 4.69) is 94.6 Å². The molecule has 0 heterocycles. The second-order valence-corrected chi connectivity index (χ2v) is 11.8. The Hall–Kier alpha value is -3.59. The molecule has 0 saturated heterocycles. The summed E-state index contributed by atoms with van der Waals surface area (Å²) in [6.07, 6.45) is 12.3. The fourth-order valence-corrected chi connectivity index (χ4v) is 5.80. The average Bonchev–Trinajstić information content (AvgIpc) is 3.20. The standard InChI is InChI=1S/C38H46O3/c1-6-31(7-2)41-37(39)16-14-12-10-8-9-11-13-15-25-40-32-21-18-29(19-22-32)30-20-24-34-33-23-17-28(3)26-35(33)38(4,5)36(34)27-30/h6-7,17-24,26-27,31H,1-2,8-16,25H2,3-5H3. The van der Waals surface area contributed by atoms with Crippen LogP contribution in [0.25, 0.3) is 22.3 Å². The van der Waals surface area contributed by atoms with Crippen LogP contribution >= 0.6 is 0 Å². The molecule has 41 heavy (non-hydrogen) atoms. The first-order chi connectivity index (χ1) is 19.8. The molecule has 3 heteroatoms. The van der Waals surface area contributed by atoms with E-state index < -0.39 is 0 Å². The van der Waals surface area contributed by atoms with Crippen molar-refractivity contribution in [3.8, 4) is 28.0 Å². The Morgan fingerprint density at radius 3 is 1.98 bits per heavy atom. The van der Waals surface area contributed by atoms with Crippen molar-refractivity contribution in [2.75, 3.05) is 6.61 Å². The van der Waals surface area contributed by atoms with Crippen molar-refractivity contribution in [3.05, 3.63) is 103 Å². The van der Waals surface area contributed by atoms with Gasteiger partial charge in [0.05, 0.1) is 6.61 Å². The highest BCUT2D eigenvalue weighted by molar-refractivity contribution is 5.83. The third-order valence-electron chi connectivity index (χ3n) is 8.30. The lowest BCUT2D eigenvalue weighted by molar-refractivity contribution is -0.145. The molecule has 0 bridgehead atoms. The van der Waals surface area contributed by atoms with Crippen molar-refractivity contribution in [1.82, 2.24) is 0 Å². The summed E-state index contributed by atoms with van der Waals surface area (Å²) in [7, 11) is 0. The molecule has 0 saturated carbocycles. The van der Waals surface area contributed by atoms with E-state index in [1.54, 1.807) is 12.2 Å². The van der Waals surface area contributed by atoms with E-state index in [1.165, 1.54) is 64.6 Å². The Labute approximate surface area is 247 Å². The largest absolute Gasteiger partial charge is 0.494 e. The van der Waals surface area contributed by atoms with Crippen LogP contribution in [0.4, 0.5) is 0 Å². The maximum absolute atomic E-state index is 11.8. The van der Waals surface area contributed by atoms with Crippen LogP contribution in [0.15, 0.2) is 86.0 Å². The Kier molecular flexibility index (Phi) is 10.6. The van der Waals surface area contributed by atoms with Crippen molar-refractivity contribution in [1.29, 1.82) is 0 Å². The summed E-state index contributed by atoms with van der Waals surface area (Å²) >= 11 is 0. The van der Waals surface area contributed by atoms with Gasteiger partial charge in [-0.2, -0.15) is 0 Å². The van der Waals surface area contributed by atoms with Crippen LogP contribution in [-0.2, 0) is 14.9 Å². The van der Waals surface area contributed by atoms with Gasteiger partial charge < -0.3 is 9.47 Å². The van der Waals surface area contributed by atoms with Gasteiger partial charge in [0.25, 0.3) is 0 Å². The first kappa shape index (κ1) is 30.4. The Morgan fingerprint density at radius 1 is 0.756 bits per heavy atom. The van der Waals surface area contributed by atoms with Crippen LogP contribution in [-0.4, -0.2) is 18.7 Å². The van der Waals surface area contributed by atoms with E-state index in [0.29, 0.717) is 6.42 Å². The van der Waals surface area contributed by atoms with Crippen LogP contribution in [0.1, 0.15) is 88.3 Å². The first-order valence-corrected chi connectivity index (χ1v) is 15.3. The molecule has 4 rings (SSSR count). The van der Waals surface area contributed by atoms with Gasteiger partial charge in [0.2, 0.25) is 0 Å². The molecule has 0 atom stereocenters. The number of esters is 1. The second-order valence-electron chi connectivity index (χ2n) is 11.8. The van der Waals surface area contributed by atoms with Crippen molar-refractivity contribution >= 4 is 5.97 Å². The zero-order valence-electron chi connectivity index (χ0n) is 25.2. The summed E-state index contributed by atoms with van der Waals surface area (Å²) in [6, 6.07) is 22.3. The third kappa shape index (κ3) is 7.79. The summed E-state index contributed by atoms with van der Waals surface area (Å²) in [5, 5.41) is 0. The fourth-order valence-electron chi connectivity index (χ4n) is 5.80. The topological polar surface area (TPSA) is 35.5 Å². The third-order valence-corrected chi connectivity index (χ3v) is 8.30. The van der Waals surface area contributed by atoms with Crippen molar-refractivity contribution in [3.63, 3.8) is 0 Å². The van der Waals surface area contributed by atoms with E-state index in [9.17, 15) is 4.79 Å². The van der Waals surface area contributed by atoms with E-state index >= 15 is 0 Å². The SMILES string of the molecule is C=CC(C=C)OC(=O)CCCCCCCCCCOc1ccc(-c2ccc3c(c2)C(C)(C)c2cc(C)ccc2-3)cc1. The van der Waals surface area contributed by atoms with Gasteiger partial charge in [0, 0.05) is 11.8 Å². The molecule has 0 fully saturated rings. The number of aryl methyl sites for hydroxylation is 1. The lowest BCUT2D eigenvalue weighted by Crippen LogP contribution is -2.15. The maximum atomic E-state index is 11.8. The smallest absolute Gasteiger partial charge is 0.306 e. The number of hydrogen-bond donors (Lipinski definition) is 0. The molecule has 1 aliphatic carbocycles. The highest BCUT2D eigenvalue weighted by Gasteiger charge is 2.35. The van der Waals surface area contributed by atoms with E-state index in [4.69, 9.17) is 9.47 Å². The summed E-state index contributed by atoms with van der Waals surface area (Å²) < 4.78 is 11.3. The molecule has 0 N–H and O–H groups in total. The van der Waals surface area contributed by atoms with Gasteiger partial charge in [0.15, 0.2) is 0 Å². The normalized spacial score (nSPS) is 13.0. The van der Waals surface area contributed by atoms with E-state index in [-0.39, 0.29) is 17.5 Å². The number of benzene rings is 3. The van der Waals surface area contributed by atoms with Crippen molar-refractivity contribution in [2.24, 2.45) is 0 Å². The molecule has 0 amide bonds. The lowest BCUT2D eigenvalue weighted by Gasteiger charge is -2.22. The van der Waals surface area contributed by atoms with Gasteiger partial charge in [-0.3, -0.25) is 4.79 Å². The Morgan fingerprint density at radius 2 is 1.32 bits per heavy atom. The van der Waals surface area contributed by atoms with Crippen molar-refractivity contribution in [2.45, 2.75) is 90.1 Å². The Bertz CT molecular complexity index is 1320. The molecular formula is C38H46O3. The maximum Gasteiger partial charge on any atom is 0.306 e. The van der Waals surface area contributed by atoms with Crippen LogP contribution in [0.2, 0.25) is 0 Å². The second kappa shape index (κ2) is 14.3. The number of unbranched alkanes of at least 4 members (excludes halogenated alkanes) is 7. The van der Waals surface area contributed by atoms with Gasteiger partial charge >= 0.3 is 5.97 Å². The molecule has 0 aliphatic heterocycles. The van der Waals surface area contributed by atoms with E-state index in [1.807, 2.05) is 0 Å².